The highest BCUT2D eigenvalue weighted by molar-refractivity contribution is 14.1. The fourth-order valence-electron chi connectivity index (χ4n) is 1.96. The Balaban J connectivity index is 2.36. The predicted octanol–water partition coefficient (Wildman–Crippen LogP) is 3.63. The molecule has 2 aromatic carbocycles. The molecule has 0 spiro atoms. The predicted molar refractivity (Wildman–Crippen MR) is 94.1 cm³/mol. The van der Waals surface area contributed by atoms with E-state index in [4.69, 9.17) is 18.0 Å². The van der Waals surface area contributed by atoms with Crippen LogP contribution in [0.25, 0.3) is 0 Å². The molecule has 6 heteroatoms. The number of halogens is 2. The van der Waals surface area contributed by atoms with E-state index >= 15 is 0 Å². The number of amides is 1. The molecule has 1 amide bonds. The summed E-state index contributed by atoms with van der Waals surface area (Å²) < 4.78 is 13.6. The third-order valence-corrected chi connectivity index (χ3v) is 4.04. The first kappa shape index (κ1) is 15.8. The van der Waals surface area contributed by atoms with E-state index in [9.17, 15) is 9.18 Å². The number of anilines is 1. The molecule has 0 aliphatic rings. The van der Waals surface area contributed by atoms with Gasteiger partial charge in [0.15, 0.2) is 0 Å². The molecule has 0 fully saturated rings. The smallest absolute Gasteiger partial charge is 0.256 e. The number of hydrogen-bond acceptors (Lipinski definition) is 2. The molecule has 0 heterocycles. The number of rotatable bonds is 3. The van der Waals surface area contributed by atoms with E-state index in [-0.39, 0.29) is 16.7 Å². The Morgan fingerprint density at radius 3 is 2.67 bits per heavy atom. The summed E-state index contributed by atoms with van der Waals surface area (Å²) in [4.78, 5) is 12.5. The van der Waals surface area contributed by atoms with Gasteiger partial charge in [0.2, 0.25) is 0 Å². The summed E-state index contributed by atoms with van der Waals surface area (Å²) in [7, 11) is 0. The van der Waals surface area contributed by atoms with Crippen molar-refractivity contribution >= 4 is 51.4 Å². The maximum atomic E-state index is 13.1. The normalized spacial score (nSPS) is 10.2. The van der Waals surface area contributed by atoms with E-state index < -0.39 is 0 Å². The van der Waals surface area contributed by atoms with E-state index in [1.165, 1.54) is 18.2 Å². The standard InChI is InChI=1S/C15H12FIN2OS/c1-8-3-2-4-12(13(8)14(18)21)19-15(20)10-6-5-9(16)7-11(10)17/h2-7H,1H3,(H2,18,21)(H,19,20). The van der Waals surface area contributed by atoms with Crippen LogP contribution in [-0.2, 0) is 0 Å². The van der Waals surface area contributed by atoms with Crippen LogP contribution in [0.2, 0.25) is 0 Å². The second-order valence-electron chi connectivity index (χ2n) is 4.44. The molecule has 108 valence electrons. The van der Waals surface area contributed by atoms with Gasteiger partial charge < -0.3 is 11.1 Å². The molecule has 0 aliphatic carbocycles. The van der Waals surface area contributed by atoms with Gasteiger partial charge >= 0.3 is 0 Å². The Bertz CT molecular complexity index is 734. The average molecular weight is 414 g/mol. The van der Waals surface area contributed by atoms with Crippen molar-refractivity contribution in [3.63, 3.8) is 0 Å². The topological polar surface area (TPSA) is 55.1 Å². The lowest BCUT2D eigenvalue weighted by atomic mass is 10.1. The first-order valence-corrected chi connectivity index (χ1v) is 7.54. The summed E-state index contributed by atoms with van der Waals surface area (Å²) >= 11 is 6.95. The number of thiocarbonyl (C=S) groups is 1. The summed E-state index contributed by atoms with van der Waals surface area (Å²) in [5.41, 5.74) is 8.17. The molecule has 0 saturated carbocycles. The Kier molecular flexibility index (Phi) is 4.89. The van der Waals surface area contributed by atoms with Crippen molar-refractivity contribution in [3.05, 3.63) is 62.5 Å². The number of nitrogens with one attached hydrogen (secondary N) is 1. The lowest BCUT2D eigenvalue weighted by Crippen LogP contribution is -2.19. The highest BCUT2D eigenvalue weighted by atomic mass is 127. The zero-order chi connectivity index (χ0) is 15.6. The van der Waals surface area contributed by atoms with E-state index in [1.807, 2.05) is 41.6 Å². The number of carbonyl (C=O) groups is 1. The minimum Gasteiger partial charge on any atom is -0.389 e. The van der Waals surface area contributed by atoms with E-state index in [2.05, 4.69) is 5.32 Å². The number of benzene rings is 2. The molecule has 0 aromatic heterocycles. The van der Waals surface area contributed by atoms with E-state index in [0.29, 0.717) is 20.4 Å². The Labute approximate surface area is 140 Å². The molecule has 0 bridgehead atoms. The van der Waals surface area contributed by atoms with Crippen LogP contribution in [0.15, 0.2) is 36.4 Å². The van der Waals surface area contributed by atoms with Crippen molar-refractivity contribution in [1.82, 2.24) is 0 Å². The first-order chi connectivity index (χ1) is 9.90. The monoisotopic (exact) mass is 414 g/mol. The Hall–Kier alpha value is -1.54. The van der Waals surface area contributed by atoms with Gasteiger partial charge in [0.1, 0.15) is 10.8 Å². The molecule has 0 saturated heterocycles. The SMILES string of the molecule is Cc1cccc(NC(=O)c2ccc(F)cc2I)c1C(N)=S. The molecule has 3 N–H and O–H groups in total. The number of carbonyl (C=O) groups excluding carboxylic acids is 1. The molecular formula is C15H12FIN2OS. The molecule has 3 nitrogen and oxygen atoms in total. The van der Waals surface area contributed by atoms with Gasteiger partial charge in [0, 0.05) is 9.13 Å². The second-order valence-corrected chi connectivity index (χ2v) is 6.04. The second kappa shape index (κ2) is 6.48. The Morgan fingerprint density at radius 2 is 2.05 bits per heavy atom. The molecule has 2 rings (SSSR count). The van der Waals surface area contributed by atoms with Crippen molar-refractivity contribution < 1.29 is 9.18 Å². The maximum absolute atomic E-state index is 13.1. The largest absolute Gasteiger partial charge is 0.389 e. The molecule has 2 aromatic rings. The number of hydrogen-bond donors (Lipinski definition) is 2. The zero-order valence-corrected chi connectivity index (χ0v) is 14.1. The molecule has 21 heavy (non-hydrogen) atoms. The summed E-state index contributed by atoms with van der Waals surface area (Å²) in [6.45, 7) is 1.87. The van der Waals surface area contributed by atoms with Crippen molar-refractivity contribution in [2.75, 3.05) is 5.32 Å². The lowest BCUT2D eigenvalue weighted by molar-refractivity contribution is 0.102. The molecule has 0 aliphatic heterocycles. The van der Waals surface area contributed by atoms with Crippen LogP contribution >= 0.6 is 34.8 Å². The van der Waals surface area contributed by atoms with Gasteiger partial charge in [-0.2, -0.15) is 0 Å². The highest BCUT2D eigenvalue weighted by Crippen LogP contribution is 2.21. The van der Waals surface area contributed by atoms with E-state index in [1.54, 1.807) is 6.07 Å². The number of nitrogens with two attached hydrogens (primary N) is 1. The zero-order valence-electron chi connectivity index (χ0n) is 11.1. The Morgan fingerprint density at radius 1 is 1.33 bits per heavy atom. The maximum Gasteiger partial charge on any atom is 0.256 e. The van der Waals surface area contributed by atoms with Crippen molar-refractivity contribution in [1.29, 1.82) is 0 Å². The molecular weight excluding hydrogens is 402 g/mol. The van der Waals surface area contributed by atoms with Gasteiger partial charge in [-0.15, -0.1) is 0 Å². The minimum absolute atomic E-state index is 0.220. The van der Waals surface area contributed by atoms with Crippen molar-refractivity contribution in [3.8, 4) is 0 Å². The quantitative estimate of drug-likeness (QED) is 0.596. The fourth-order valence-corrected chi connectivity index (χ4v) is 2.96. The van der Waals surface area contributed by atoms with Crippen LogP contribution in [-0.4, -0.2) is 10.9 Å². The third-order valence-electron chi connectivity index (χ3n) is 2.94. The summed E-state index contributed by atoms with van der Waals surface area (Å²) in [6.07, 6.45) is 0. The van der Waals surface area contributed by atoms with Gasteiger partial charge in [-0.25, -0.2) is 4.39 Å². The van der Waals surface area contributed by atoms with E-state index in [0.717, 1.165) is 5.56 Å². The van der Waals surface area contributed by atoms with Gasteiger partial charge in [-0.3, -0.25) is 4.79 Å². The van der Waals surface area contributed by atoms with Gasteiger partial charge in [-0.1, -0.05) is 24.4 Å². The first-order valence-electron chi connectivity index (χ1n) is 6.06. The van der Waals surface area contributed by atoms with Crippen LogP contribution in [0.5, 0.6) is 0 Å². The molecule has 0 atom stereocenters. The fraction of sp³-hybridized carbons (Fsp3) is 0.0667. The van der Waals surface area contributed by atoms with Gasteiger partial charge in [-0.05, 0) is 59.3 Å². The third kappa shape index (κ3) is 3.56. The summed E-state index contributed by atoms with van der Waals surface area (Å²) in [5, 5.41) is 2.78. The molecule has 0 unspecified atom stereocenters. The van der Waals surface area contributed by atoms with Crippen LogP contribution in [0.1, 0.15) is 21.5 Å². The van der Waals surface area contributed by atoms with Crippen LogP contribution < -0.4 is 11.1 Å². The minimum atomic E-state index is -0.379. The summed E-state index contributed by atoms with van der Waals surface area (Å²) in [5.74, 6) is -0.710. The lowest BCUT2D eigenvalue weighted by Gasteiger charge is -2.13. The number of aryl methyl sites for hydroxylation is 1. The van der Waals surface area contributed by atoms with Crippen LogP contribution in [0, 0.1) is 16.3 Å². The highest BCUT2D eigenvalue weighted by Gasteiger charge is 2.14. The van der Waals surface area contributed by atoms with Crippen LogP contribution in [0.3, 0.4) is 0 Å². The average Bonchev–Trinajstić information content (AvgIpc) is 2.37. The summed E-state index contributed by atoms with van der Waals surface area (Å²) in [6, 6.07) is 9.41. The molecule has 0 radical (unpaired) electrons. The van der Waals surface area contributed by atoms with Gasteiger partial charge in [0.25, 0.3) is 5.91 Å². The van der Waals surface area contributed by atoms with Crippen molar-refractivity contribution in [2.24, 2.45) is 5.73 Å². The van der Waals surface area contributed by atoms with Gasteiger partial charge in [0.05, 0.1) is 11.3 Å². The van der Waals surface area contributed by atoms with Crippen LogP contribution in [0.4, 0.5) is 10.1 Å². The van der Waals surface area contributed by atoms with Crippen molar-refractivity contribution in [2.45, 2.75) is 6.92 Å².